The van der Waals surface area contributed by atoms with Gasteiger partial charge in [-0.1, -0.05) is 0 Å². The van der Waals surface area contributed by atoms with Crippen molar-refractivity contribution in [3.05, 3.63) is 41.2 Å². The quantitative estimate of drug-likeness (QED) is 0.411. The molecule has 0 aliphatic heterocycles. The summed E-state index contributed by atoms with van der Waals surface area (Å²) < 4.78 is 2.26. The van der Waals surface area contributed by atoms with Crippen LogP contribution >= 0.6 is 11.3 Å². The average molecular weight is 472 g/mol. The van der Waals surface area contributed by atoms with Crippen LogP contribution in [0.3, 0.4) is 0 Å². The third-order valence-corrected chi connectivity index (χ3v) is 8.77. The van der Waals surface area contributed by atoms with Crippen molar-refractivity contribution in [2.45, 2.75) is 26.7 Å². The molecule has 0 aliphatic rings. The molecule has 0 unspecified atom stereocenters. The zero-order valence-electron chi connectivity index (χ0n) is 15.2. The summed E-state index contributed by atoms with van der Waals surface area (Å²) in [7, 11) is 1.95. The Morgan fingerprint density at radius 3 is 2.73 bits per heavy atom. The van der Waals surface area contributed by atoms with Gasteiger partial charge in [0.15, 0.2) is 0 Å². The minimum absolute atomic E-state index is 0.418. The molecule has 2 radical (unpaired) electrons. The molecule has 0 spiro atoms. The second-order valence-corrected chi connectivity index (χ2v) is 11.8. The first-order valence-electron chi connectivity index (χ1n) is 8.40. The molecular formula is C18H21N6SSn+. The van der Waals surface area contributed by atoms with Gasteiger partial charge < -0.3 is 0 Å². The first-order chi connectivity index (χ1) is 12.5. The zero-order chi connectivity index (χ0) is 18.7. The fourth-order valence-electron chi connectivity index (χ4n) is 2.46. The predicted octanol–water partition coefficient (Wildman–Crippen LogP) is 0.833. The van der Waals surface area contributed by atoms with E-state index in [9.17, 15) is 0 Å². The van der Waals surface area contributed by atoms with Gasteiger partial charge in [0.25, 0.3) is 0 Å². The van der Waals surface area contributed by atoms with E-state index >= 15 is 0 Å². The number of aromatic nitrogens is 4. The van der Waals surface area contributed by atoms with Crippen LogP contribution in [-0.2, 0) is 0 Å². The normalized spacial score (nSPS) is 12.1. The van der Waals surface area contributed by atoms with Crippen LogP contribution in [0.25, 0.3) is 16.6 Å². The molecule has 8 heteroatoms. The molecule has 3 heterocycles. The molecule has 3 rings (SSSR count). The second-order valence-electron chi connectivity index (χ2n) is 6.22. The van der Waals surface area contributed by atoms with Gasteiger partial charge in [0.2, 0.25) is 0 Å². The first-order valence-corrected chi connectivity index (χ1v) is 12.1. The summed E-state index contributed by atoms with van der Waals surface area (Å²) in [5.41, 5.74) is 4.07. The zero-order valence-corrected chi connectivity index (χ0v) is 18.9. The fourth-order valence-corrected chi connectivity index (χ4v) is 7.03. The number of rotatable bonds is 6. The van der Waals surface area contributed by atoms with E-state index in [0.29, 0.717) is 11.6 Å². The first kappa shape index (κ1) is 19.1. The van der Waals surface area contributed by atoms with Crippen molar-refractivity contribution in [1.82, 2.24) is 20.2 Å². The van der Waals surface area contributed by atoms with E-state index in [1.165, 1.54) is 0 Å². The molecule has 0 saturated carbocycles. The second kappa shape index (κ2) is 8.32. The van der Waals surface area contributed by atoms with Crippen molar-refractivity contribution in [3.63, 3.8) is 0 Å². The molecule has 3 aromatic rings. The Hall–Kier alpha value is -1.71. The van der Waals surface area contributed by atoms with Crippen molar-refractivity contribution in [1.29, 1.82) is 5.41 Å². The van der Waals surface area contributed by atoms with E-state index in [0.717, 1.165) is 33.9 Å². The summed E-state index contributed by atoms with van der Waals surface area (Å²) >= 11 is 0.652. The third-order valence-electron chi connectivity index (χ3n) is 3.76. The Labute approximate surface area is 166 Å². The van der Waals surface area contributed by atoms with E-state index in [2.05, 4.69) is 35.1 Å². The summed E-state index contributed by atoms with van der Waals surface area (Å²) in [6, 6.07) is 6.12. The van der Waals surface area contributed by atoms with Crippen molar-refractivity contribution in [2.24, 2.45) is 0 Å². The molecule has 6 nitrogen and oxygen atoms in total. The summed E-state index contributed by atoms with van der Waals surface area (Å²) in [6.45, 7) is 6.07. The third kappa shape index (κ3) is 4.33. The number of pyridine rings is 2. The molecule has 3 N–H and O–H groups in total. The van der Waals surface area contributed by atoms with Gasteiger partial charge in [0.1, 0.15) is 0 Å². The van der Waals surface area contributed by atoms with E-state index in [1.807, 2.05) is 36.9 Å². The van der Waals surface area contributed by atoms with E-state index in [1.54, 1.807) is 18.3 Å². The Bertz CT molecular complexity index is 979. The van der Waals surface area contributed by atoms with E-state index < -0.39 is 21.1 Å². The van der Waals surface area contributed by atoms with Crippen LogP contribution in [0.1, 0.15) is 37.3 Å². The summed E-state index contributed by atoms with van der Waals surface area (Å²) in [5.74, 6) is 0.418. The number of hydrogen-bond acceptors (Lipinski definition) is 6. The molecule has 0 amide bonds. The standard InChI is InChI=1S/C13H13N4.C5H7N2S.Sn/c1-9(14)11(8-15-2)10-6-13-12(17-7-10)4-3-5-16-13;1-4(2)5-7-6-3-8-5;/h3-4,6-8,14-15H,1-2H3;4H,1-2H3;/p+1/b11-8+,14-9?;;. The van der Waals surface area contributed by atoms with Crippen molar-refractivity contribution in [3.8, 4) is 0 Å². The van der Waals surface area contributed by atoms with Gasteiger partial charge in [-0.3, -0.25) is 0 Å². The van der Waals surface area contributed by atoms with Crippen LogP contribution in [0.15, 0.2) is 30.6 Å². The average Bonchev–Trinajstić information content (AvgIpc) is 3.07. The summed E-state index contributed by atoms with van der Waals surface area (Å²) in [6.07, 6.45) is 3.76. The molecule has 26 heavy (non-hydrogen) atoms. The van der Waals surface area contributed by atoms with E-state index in [-0.39, 0.29) is 0 Å². The van der Waals surface area contributed by atoms with Crippen LogP contribution < -0.4 is 12.1 Å². The molecule has 0 aliphatic carbocycles. The number of allylic oxidation sites excluding steroid dienone is 1. The Kier molecular flexibility index (Phi) is 6.10. The fraction of sp³-hybridized carbons (Fsp3) is 0.278. The van der Waals surface area contributed by atoms with Gasteiger partial charge in [-0.05, 0) is 0 Å². The van der Waals surface area contributed by atoms with Gasteiger partial charge in [-0.2, -0.15) is 0 Å². The van der Waals surface area contributed by atoms with Crippen LogP contribution in [0.2, 0.25) is 0 Å². The van der Waals surface area contributed by atoms with Crippen molar-refractivity contribution >= 4 is 61.5 Å². The molecule has 0 bridgehead atoms. The molecule has 0 fully saturated rings. The van der Waals surface area contributed by atoms with Gasteiger partial charge in [-0.25, -0.2) is 0 Å². The van der Waals surface area contributed by atoms with Crippen molar-refractivity contribution < 1.29 is 5.32 Å². The Morgan fingerprint density at radius 2 is 2.08 bits per heavy atom. The molecular weight excluding hydrogens is 451 g/mol. The van der Waals surface area contributed by atoms with Crippen molar-refractivity contribution in [2.75, 3.05) is 7.05 Å². The molecule has 3 aromatic heterocycles. The molecule has 0 atom stereocenters. The number of nitrogens with two attached hydrogens (primary N) is 1. The Morgan fingerprint density at radius 1 is 1.27 bits per heavy atom. The van der Waals surface area contributed by atoms with Crippen LogP contribution in [-0.4, -0.2) is 54.1 Å². The monoisotopic (exact) mass is 473 g/mol. The van der Waals surface area contributed by atoms with Crippen LogP contribution in [0.4, 0.5) is 0 Å². The van der Waals surface area contributed by atoms with Crippen LogP contribution in [0.5, 0.6) is 0 Å². The maximum absolute atomic E-state index is 7.99. The van der Waals surface area contributed by atoms with Gasteiger partial charge in [-0.15, -0.1) is 0 Å². The summed E-state index contributed by atoms with van der Waals surface area (Å²) in [4.78, 5) is 9.35. The number of quaternary nitrogens is 1. The predicted molar refractivity (Wildman–Crippen MR) is 108 cm³/mol. The van der Waals surface area contributed by atoms with Gasteiger partial charge in [0, 0.05) is 0 Å². The number of fused-ring (bicyclic) bond motifs is 1. The molecule has 0 aromatic carbocycles. The van der Waals surface area contributed by atoms with Crippen LogP contribution in [0, 0.1) is 5.41 Å². The SMILES string of the molecule is C[NH2+]/C=C(\C(C)=N)c1cnc2cc[c]([Sn][c]3nnc(C(C)C)s3)nc2c1. The molecule has 132 valence electrons. The number of nitrogens with zero attached hydrogens (tertiary/aromatic N) is 4. The Balaban J connectivity index is 1.93. The topological polar surface area (TPSA) is 92.0 Å². The number of hydrogen-bond donors (Lipinski definition) is 2. The van der Waals surface area contributed by atoms with E-state index in [4.69, 9.17) is 10.4 Å². The minimum atomic E-state index is -1.06. The number of nitrogens with one attached hydrogen (secondary N) is 1. The maximum atomic E-state index is 7.99. The van der Waals surface area contributed by atoms with Gasteiger partial charge >= 0.3 is 167 Å². The van der Waals surface area contributed by atoms with Gasteiger partial charge in [0.05, 0.1) is 0 Å². The molecule has 0 saturated heterocycles. The summed E-state index contributed by atoms with van der Waals surface area (Å²) in [5, 5.41) is 19.7.